The maximum atomic E-state index is 14.3. The molecule has 3 N–H and O–H groups in total. The second-order valence-corrected chi connectivity index (χ2v) is 27.4. The van der Waals surface area contributed by atoms with Gasteiger partial charge in [0.2, 0.25) is 5.91 Å². The van der Waals surface area contributed by atoms with Crippen molar-refractivity contribution < 1.29 is 60.6 Å². The Morgan fingerprint density at radius 1 is 0.589 bits per heavy atom. The highest BCUT2D eigenvalue weighted by molar-refractivity contribution is 6.30. The molecule has 0 spiro atoms. The molecule has 4 fully saturated rings. The number of hydrogen-bond acceptors (Lipinski definition) is 10. The monoisotopic (exact) mass is 1280 g/mol. The maximum absolute atomic E-state index is 14.3. The van der Waals surface area contributed by atoms with Gasteiger partial charge in [-0.3, -0.25) is 33.6 Å². The van der Waals surface area contributed by atoms with Crippen molar-refractivity contribution in [2.24, 2.45) is 11.8 Å². The predicted octanol–water partition coefficient (Wildman–Crippen LogP) is 11.0. The van der Waals surface area contributed by atoms with Gasteiger partial charge in [-0.25, -0.2) is 0 Å². The summed E-state index contributed by atoms with van der Waals surface area (Å²) < 4.78 is 62.9. The molecule has 4 aliphatic carbocycles. The first-order valence-electron chi connectivity index (χ1n) is 32.4. The van der Waals surface area contributed by atoms with Crippen molar-refractivity contribution in [3.63, 3.8) is 0 Å². The Morgan fingerprint density at radius 3 is 1.39 bits per heavy atom. The molecular formula is C68H93ClF4N8O9. The molecule has 0 radical (unpaired) electrons. The van der Waals surface area contributed by atoms with Crippen LogP contribution in [0.1, 0.15) is 183 Å². The summed E-state index contributed by atoms with van der Waals surface area (Å²) in [5, 5.41) is 8.57. The number of fused-ring (bicyclic) bond motifs is 2. The molecule has 17 nitrogen and oxygen atoms in total. The third kappa shape index (κ3) is 17.4. The van der Waals surface area contributed by atoms with Gasteiger partial charge in [-0.2, -0.15) is 17.6 Å². The van der Waals surface area contributed by atoms with Crippen LogP contribution in [0.2, 0.25) is 5.02 Å². The molecule has 6 aliphatic rings. The second kappa shape index (κ2) is 29.9. The van der Waals surface area contributed by atoms with Crippen molar-refractivity contribution in [2.75, 3.05) is 49.1 Å². The number of nitrogens with zero attached hydrogens (tertiary/aromatic N) is 5. The van der Waals surface area contributed by atoms with Gasteiger partial charge in [-0.05, 0) is 231 Å². The average Bonchev–Trinajstić information content (AvgIpc) is 1.31. The molecule has 2 heterocycles. The third-order valence-corrected chi connectivity index (χ3v) is 18.7. The van der Waals surface area contributed by atoms with Crippen molar-refractivity contribution in [1.29, 1.82) is 0 Å². The molecule has 7 amide bonds. The fourth-order valence-electron chi connectivity index (χ4n) is 13.3. The predicted molar refractivity (Wildman–Crippen MR) is 339 cm³/mol. The molecule has 0 unspecified atom stereocenters. The highest BCUT2D eigenvalue weighted by atomic mass is 35.5. The van der Waals surface area contributed by atoms with Crippen LogP contribution in [0.5, 0.6) is 11.5 Å². The van der Waals surface area contributed by atoms with Gasteiger partial charge in [0.1, 0.15) is 11.5 Å². The maximum Gasteiger partial charge on any atom is 0.315 e. The van der Waals surface area contributed by atoms with E-state index in [4.69, 9.17) is 21.1 Å². The van der Waals surface area contributed by atoms with E-state index in [2.05, 4.69) is 20.9 Å². The Kier molecular flexibility index (Phi) is 23.0. The average molecular weight is 1280 g/mol. The number of benzene rings is 3. The fourth-order valence-corrected chi connectivity index (χ4v) is 13.4. The highest BCUT2D eigenvalue weighted by Crippen LogP contribution is 2.43. The lowest BCUT2D eigenvalue weighted by Crippen LogP contribution is -2.54. The highest BCUT2D eigenvalue weighted by Gasteiger charge is 2.45. The lowest BCUT2D eigenvalue weighted by atomic mass is 9.82. The number of anilines is 2. The SMILES string of the molecule is Cc1cc2c(cc1C(=O)N(C(C)C)C1CCC(CCN(C(=O)Cc3ccc(Cl)cc3)C3CC3)CC1)N(CCNC(=O)C(F)F)C(=O)C(C)(C)O2.Cc1cc2c(cc1C(=O)N(C(C)C)C1CCC(CCNC3CC3)CC1)N(CCNC(=O)C(F)F)C(=O)C(C)(C)O2. The summed E-state index contributed by atoms with van der Waals surface area (Å²) in [7, 11) is 0. The van der Waals surface area contributed by atoms with E-state index >= 15 is 0 Å². The molecule has 0 bridgehead atoms. The van der Waals surface area contributed by atoms with Gasteiger partial charge in [0, 0.05) is 85.1 Å². The summed E-state index contributed by atoms with van der Waals surface area (Å²) in [6, 6.07) is 15.5. The molecule has 494 valence electrons. The van der Waals surface area contributed by atoms with Crippen LogP contribution < -0.4 is 35.2 Å². The fraction of sp³-hybridized carbons (Fsp3) is 0.632. The van der Waals surface area contributed by atoms with Crippen molar-refractivity contribution in [2.45, 2.75) is 226 Å². The largest absolute Gasteiger partial charge is 0.476 e. The Hall–Kier alpha value is -6.48. The molecule has 0 saturated heterocycles. The van der Waals surface area contributed by atoms with E-state index < -0.39 is 41.8 Å². The van der Waals surface area contributed by atoms with E-state index in [1.165, 1.54) is 29.1 Å². The molecule has 2 aliphatic heterocycles. The van der Waals surface area contributed by atoms with Crippen LogP contribution in [0, 0.1) is 25.7 Å². The lowest BCUT2D eigenvalue weighted by molar-refractivity contribution is -0.133. The van der Waals surface area contributed by atoms with E-state index in [9.17, 15) is 51.1 Å². The molecule has 3 aromatic carbocycles. The topological polar surface area (TPSA) is 190 Å². The van der Waals surface area contributed by atoms with Crippen LogP contribution in [-0.4, -0.2) is 156 Å². The normalized spacial score (nSPS) is 21.0. The van der Waals surface area contributed by atoms with Gasteiger partial charge in [-0.1, -0.05) is 23.7 Å². The van der Waals surface area contributed by atoms with Crippen LogP contribution in [0.15, 0.2) is 48.5 Å². The standard InChI is InChI=1S/C38H49ClF2N4O5.C30H44F2N4O4/c1-23(2)45(29-12-8-25(9-13-29)16-18-43(28-14-15-28)33(46)21-26-6-10-27(39)11-7-26)36(48)30-22-31-32(20-24(30)3)50-38(4,5)37(49)44(31)19-17-42-35(47)34(40)41;1-18(2)36(22-10-6-20(7-11-22)12-13-33-21-8-9-21)28(38)23-17-24-25(16-19(23)3)40-30(4,5)29(39)35(24)15-14-34-27(37)26(31)32/h6-7,10-11,20,22-23,25,28-29,34H,8-9,12-19,21H2,1-5H3,(H,42,47);16-18,20-22,26,33H,6-15H2,1-5H3,(H,34,37). The summed E-state index contributed by atoms with van der Waals surface area (Å²) in [6.45, 7) is 19.7. The number of rotatable bonds is 24. The number of carbonyl (C=O) groups is 7. The minimum Gasteiger partial charge on any atom is -0.476 e. The van der Waals surface area contributed by atoms with E-state index in [1.54, 1.807) is 52.0 Å². The molecule has 0 atom stereocenters. The Balaban J connectivity index is 0.000000238. The molecule has 0 aromatic heterocycles. The van der Waals surface area contributed by atoms with E-state index in [1.807, 2.05) is 75.6 Å². The van der Waals surface area contributed by atoms with Crippen LogP contribution in [0.3, 0.4) is 0 Å². The number of alkyl halides is 4. The molecule has 4 saturated carbocycles. The zero-order valence-electron chi connectivity index (χ0n) is 54.0. The summed E-state index contributed by atoms with van der Waals surface area (Å²) in [5.74, 6) is -1.63. The number of carbonyl (C=O) groups excluding carboxylic acids is 7. The quantitative estimate of drug-likeness (QED) is 0.0728. The smallest absolute Gasteiger partial charge is 0.315 e. The number of hydrogen-bond donors (Lipinski definition) is 3. The third-order valence-electron chi connectivity index (χ3n) is 18.5. The van der Waals surface area contributed by atoms with Gasteiger partial charge < -0.3 is 49.9 Å². The van der Waals surface area contributed by atoms with E-state index in [0.29, 0.717) is 68.9 Å². The summed E-state index contributed by atoms with van der Waals surface area (Å²) in [6.07, 6.45) is 8.67. The Morgan fingerprint density at radius 2 is 1.00 bits per heavy atom. The van der Waals surface area contributed by atoms with Gasteiger partial charge in [0.05, 0.1) is 17.8 Å². The minimum atomic E-state index is -3.16. The van der Waals surface area contributed by atoms with Crippen molar-refractivity contribution in [3.05, 3.63) is 81.4 Å². The first-order valence-corrected chi connectivity index (χ1v) is 32.8. The van der Waals surface area contributed by atoms with Crippen LogP contribution in [-0.2, 0) is 30.4 Å². The van der Waals surface area contributed by atoms with Crippen molar-refractivity contribution >= 4 is 64.3 Å². The Bertz CT molecular complexity index is 3070. The van der Waals surface area contributed by atoms with Crippen LogP contribution >= 0.6 is 11.6 Å². The van der Waals surface area contributed by atoms with Crippen molar-refractivity contribution in [3.8, 4) is 11.5 Å². The number of nitrogens with one attached hydrogen (secondary N) is 3. The Labute approximate surface area is 533 Å². The number of ether oxygens (including phenoxy) is 2. The number of halogens is 5. The van der Waals surface area contributed by atoms with E-state index in [0.717, 1.165) is 101 Å². The van der Waals surface area contributed by atoms with Crippen molar-refractivity contribution in [1.82, 2.24) is 30.7 Å². The molecule has 3 aromatic rings. The van der Waals surface area contributed by atoms with Gasteiger partial charge in [0.15, 0.2) is 11.2 Å². The summed E-state index contributed by atoms with van der Waals surface area (Å²) in [4.78, 5) is 99.9. The zero-order valence-corrected chi connectivity index (χ0v) is 54.8. The minimum absolute atomic E-state index is 0.00139. The second-order valence-electron chi connectivity index (χ2n) is 27.0. The first-order chi connectivity index (χ1) is 42.5. The van der Waals surface area contributed by atoms with Gasteiger partial charge in [0.25, 0.3) is 35.4 Å². The summed E-state index contributed by atoms with van der Waals surface area (Å²) in [5.41, 5.74) is 1.70. The van der Waals surface area contributed by atoms with Gasteiger partial charge in [-0.15, -0.1) is 0 Å². The van der Waals surface area contributed by atoms with Gasteiger partial charge >= 0.3 is 12.9 Å². The molecule has 22 heteroatoms. The molecular weight excluding hydrogens is 1180 g/mol. The van der Waals surface area contributed by atoms with E-state index in [-0.39, 0.29) is 74.0 Å². The number of amides is 7. The van der Waals surface area contributed by atoms with Crippen LogP contribution in [0.4, 0.5) is 28.9 Å². The lowest BCUT2D eigenvalue weighted by Gasteiger charge is -2.41. The van der Waals surface area contributed by atoms with Crippen LogP contribution in [0.25, 0.3) is 0 Å². The number of aryl methyl sites for hydroxylation is 2. The molecule has 9 rings (SSSR count). The first kappa shape index (κ1) is 69.4. The summed E-state index contributed by atoms with van der Waals surface area (Å²) >= 11 is 6.02. The molecule has 90 heavy (non-hydrogen) atoms. The zero-order chi connectivity index (χ0) is 65.5.